The summed E-state index contributed by atoms with van der Waals surface area (Å²) in [6.07, 6.45) is 0. The number of hydrogen-bond donors (Lipinski definition) is 1. The zero-order valence-electron chi connectivity index (χ0n) is 16.9. The minimum Gasteiger partial charge on any atom is -0.493 e. The quantitative estimate of drug-likeness (QED) is 0.275. The van der Waals surface area contributed by atoms with E-state index in [4.69, 9.17) is 9.15 Å². The average molecular weight is 426 g/mol. The van der Waals surface area contributed by atoms with E-state index in [-0.39, 0.29) is 23.6 Å². The summed E-state index contributed by atoms with van der Waals surface area (Å²) >= 11 is 0. The van der Waals surface area contributed by atoms with Crippen molar-refractivity contribution in [3.05, 3.63) is 110 Å². The maximum atomic E-state index is 13.0. The molecule has 1 N–H and O–H groups in total. The maximum absolute atomic E-state index is 13.0. The zero-order chi connectivity index (χ0) is 21.8. The molecule has 3 heterocycles. The number of anilines is 1. The van der Waals surface area contributed by atoms with Gasteiger partial charge in [0.2, 0.25) is 0 Å². The summed E-state index contributed by atoms with van der Waals surface area (Å²) in [5.41, 5.74) is 3.27. The van der Waals surface area contributed by atoms with E-state index in [0.29, 0.717) is 17.9 Å². The minimum absolute atomic E-state index is 0.0240. The first-order chi connectivity index (χ1) is 15.6. The monoisotopic (exact) mass is 426 g/mol. The third-order valence-corrected chi connectivity index (χ3v) is 6.47. The van der Waals surface area contributed by atoms with Crippen LogP contribution in [0, 0.1) is 16.0 Å². The second kappa shape index (κ2) is 6.95. The Kier molecular flexibility index (Phi) is 4.04. The molecular formula is C25H18N2O5. The third-order valence-electron chi connectivity index (χ3n) is 6.47. The molecule has 0 radical (unpaired) electrons. The number of benzene rings is 3. The summed E-state index contributed by atoms with van der Waals surface area (Å²) in [6, 6.07) is 21.7. The van der Waals surface area contributed by atoms with Crippen LogP contribution in [-0.4, -0.2) is 11.5 Å². The van der Waals surface area contributed by atoms with E-state index in [1.54, 1.807) is 18.2 Å². The number of ether oxygens (including phenoxy) is 1. The lowest BCUT2D eigenvalue weighted by molar-refractivity contribution is -0.384. The lowest BCUT2D eigenvalue weighted by Crippen LogP contribution is -2.40. The molecule has 7 heteroatoms. The zero-order valence-corrected chi connectivity index (χ0v) is 16.9. The Morgan fingerprint density at radius 3 is 2.53 bits per heavy atom. The molecule has 3 aromatic carbocycles. The summed E-state index contributed by atoms with van der Waals surface area (Å²) in [5.74, 6) is 0.556. The van der Waals surface area contributed by atoms with E-state index in [9.17, 15) is 14.9 Å². The molecule has 158 valence electrons. The Balaban J connectivity index is 1.62. The van der Waals surface area contributed by atoms with E-state index in [1.807, 2.05) is 42.5 Å². The van der Waals surface area contributed by atoms with Gasteiger partial charge in [-0.05, 0) is 17.7 Å². The summed E-state index contributed by atoms with van der Waals surface area (Å²) in [5, 5.41) is 15.5. The molecule has 0 amide bonds. The maximum Gasteiger partial charge on any atom is 0.360 e. The Bertz CT molecular complexity index is 1430. The van der Waals surface area contributed by atoms with Crippen LogP contribution in [0.1, 0.15) is 28.7 Å². The van der Waals surface area contributed by atoms with Crippen LogP contribution in [0.15, 0.2) is 82.0 Å². The molecule has 0 saturated heterocycles. The standard InChI is InChI=1S/C25H18N2O5/c28-25-24-22(16-5-1-4-8-20(16)32-25)21(14-9-11-15(12-10-14)27(29)30)18-13-31-19-7-3-2-6-17(19)23(18)26-24/h1-12,18,21,23,26H,13H2/t18-,21-,23+/m1/s1. The molecule has 0 saturated carbocycles. The number of non-ortho nitro benzene ring substituents is 1. The van der Waals surface area contributed by atoms with Gasteiger partial charge in [0, 0.05) is 40.5 Å². The van der Waals surface area contributed by atoms with Gasteiger partial charge in [-0.25, -0.2) is 4.79 Å². The number of hydrogen-bond acceptors (Lipinski definition) is 6. The number of nitro benzene ring substituents is 1. The molecular weight excluding hydrogens is 408 g/mol. The van der Waals surface area contributed by atoms with Crippen molar-refractivity contribution in [1.29, 1.82) is 0 Å². The van der Waals surface area contributed by atoms with E-state index >= 15 is 0 Å². The van der Waals surface area contributed by atoms with Gasteiger partial charge >= 0.3 is 5.63 Å². The smallest absolute Gasteiger partial charge is 0.360 e. The van der Waals surface area contributed by atoms with Gasteiger partial charge < -0.3 is 14.5 Å². The molecule has 0 bridgehead atoms. The lowest BCUT2D eigenvalue weighted by Gasteiger charge is -2.43. The molecule has 32 heavy (non-hydrogen) atoms. The van der Waals surface area contributed by atoms with Crippen LogP contribution in [0.25, 0.3) is 11.0 Å². The summed E-state index contributed by atoms with van der Waals surface area (Å²) < 4.78 is 11.7. The first-order valence-electron chi connectivity index (χ1n) is 10.4. The Morgan fingerprint density at radius 2 is 1.72 bits per heavy atom. The Labute approximate surface area is 182 Å². The second-order valence-corrected chi connectivity index (χ2v) is 8.14. The van der Waals surface area contributed by atoms with Gasteiger partial charge in [0.25, 0.3) is 5.69 Å². The highest BCUT2D eigenvalue weighted by Gasteiger charge is 2.44. The van der Waals surface area contributed by atoms with Gasteiger partial charge in [0.1, 0.15) is 17.0 Å². The Hall–Kier alpha value is -4.13. The topological polar surface area (TPSA) is 94.6 Å². The summed E-state index contributed by atoms with van der Waals surface area (Å²) in [6.45, 7) is 0.449. The first-order valence-corrected chi connectivity index (χ1v) is 10.4. The van der Waals surface area contributed by atoms with Crippen LogP contribution in [0.5, 0.6) is 5.75 Å². The van der Waals surface area contributed by atoms with E-state index in [2.05, 4.69) is 5.32 Å². The molecule has 0 aliphatic carbocycles. The number of nitro groups is 1. The molecule has 0 spiro atoms. The van der Waals surface area contributed by atoms with Crippen molar-refractivity contribution in [2.24, 2.45) is 5.92 Å². The molecule has 1 aromatic heterocycles. The van der Waals surface area contributed by atoms with Crippen LogP contribution in [0.3, 0.4) is 0 Å². The summed E-state index contributed by atoms with van der Waals surface area (Å²) in [4.78, 5) is 23.8. The fourth-order valence-electron chi connectivity index (χ4n) is 5.08. The molecule has 2 aliphatic heterocycles. The van der Waals surface area contributed by atoms with Crippen LogP contribution < -0.4 is 15.7 Å². The minimum atomic E-state index is -0.423. The van der Waals surface area contributed by atoms with E-state index in [0.717, 1.165) is 27.8 Å². The number of nitrogens with zero attached hydrogens (tertiary/aromatic N) is 1. The SMILES string of the molecule is O=c1oc2ccccc2c2c1N[C@H]1c3ccccc3OC[C@@H]1[C@H]2c1ccc([N+](=O)[O-])cc1. The molecule has 0 unspecified atom stereocenters. The van der Waals surface area contributed by atoms with Crippen molar-refractivity contribution in [3.8, 4) is 5.75 Å². The van der Waals surface area contributed by atoms with Crippen molar-refractivity contribution >= 4 is 22.3 Å². The van der Waals surface area contributed by atoms with Crippen LogP contribution >= 0.6 is 0 Å². The molecule has 4 aromatic rings. The van der Waals surface area contributed by atoms with Crippen molar-refractivity contribution in [1.82, 2.24) is 0 Å². The van der Waals surface area contributed by atoms with Gasteiger partial charge in [-0.1, -0.05) is 48.5 Å². The van der Waals surface area contributed by atoms with Crippen LogP contribution in [0.4, 0.5) is 11.4 Å². The number of fused-ring (bicyclic) bond motifs is 6. The van der Waals surface area contributed by atoms with E-state index in [1.165, 1.54) is 12.1 Å². The highest BCUT2D eigenvalue weighted by molar-refractivity contribution is 5.87. The van der Waals surface area contributed by atoms with Crippen LogP contribution in [0.2, 0.25) is 0 Å². The molecule has 6 rings (SSSR count). The van der Waals surface area contributed by atoms with Crippen molar-refractivity contribution in [2.75, 3.05) is 11.9 Å². The highest BCUT2D eigenvalue weighted by Crippen LogP contribution is 2.52. The molecule has 3 atom stereocenters. The van der Waals surface area contributed by atoms with Crippen molar-refractivity contribution < 1.29 is 14.1 Å². The third kappa shape index (κ3) is 2.71. The largest absolute Gasteiger partial charge is 0.493 e. The van der Waals surface area contributed by atoms with Gasteiger partial charge in [0.15, 0.2) is 0 Å². The fourth-order valence-corrected chi connectivity index (χ4v) is 5.08. The molecule has 0 fully saturated rings. The highest BCUT2D eigenvalue weighted by atomic mass is 16.6. The Morgan fingerprint density at radius 1 is 0.969 bits per heavy atom. The molecule has 7 nitrogen and oxygen atoms in total. The van der Waals surface area contributed by atoms with Gasteiger partial charge in [0.05, 0.1) is 17.6 Å². The van der Waals surface area contributed by atoms with Crippen molar-refractivity contribution in [2.45, 2.75) is 12.0 Å². The predicted molar refractivity (Wildman–Crippen MR) is 119 cm³/mol. The predicted octanol–water partition coefficient (Wildman–Crippen LogP) is 5.01. The van der Waals surface area contributed by atoms with Crippen molar-refractivity contribution in [3.63, 3.8) is 0 Å². The number of para-hydroxylation sites is 2. The molecule has 2 aliphatic rings. The fraction of sp³-hybridized carbons (Fsp3) is 0.160. The van der Waals surface area contributed by atoms with Gasteiger partial charge in [-0.2, -0.15) is 0 Å². The number of rotatable bonds is 2. The number of nitrogens with one attached hydrogen (secondary N) is 1. The van der Waals surface area contributed by atoms with Gasteiger partial charge in [-0.15, -0.1) is 0 Å². The summed E-state index contributed by atoms with van der Waals surface area (Å²) in [7, 11) is 0. The van der Waals surface area contributed by atoms with E-state index < -0.39 is 10.5 Å². The lowest BCUT2D eigenvalue weighted by atomic mass is 9.71. The average Bonchev–Trinajstić information content (AvgIpc) is 2.83. The first kappa shape index (κ1) is 18.6. The van der Waals surface area contributed by atoms with Crippen LogP contribution in [-0.2, 0) is 0 Å². The second-order valence-electron chi connectivity index (χ2n) is 8.14. The normalized spacial score (nSPS) is 20.9. The van der Waals surface area contributed by atoms with Gasteiger partial charge in [-0.3, -0.25) is 10.1 Å².